The van der Waals surface area contributed by atoms with Crippen LogP contribution in [0.4, 0.5) is 14.6 Å². The lowest BCUT2D eigenvalue weighted by Gasteiger charge is -2.13. The Morgan fingerprint density at radius 1 is 1.19 bits per heavy atom. The summed E-state index contributed by atoms with van der Waals surface area (Å²) in [5.74, 6) is 0.151. The molecule has 2 N–H and O–H groups in total. The number of hydrogen-bond donors (Lipinski definition) is 2. The molecule has 0 aliphatic rings. The highest BCUT2D eigenvalue weighted by Crippen LogP contribution is 2.28. The van der Waals surface area contributed by atoms with Crippen LogP contribution in [0.2, 0.25) is 0 Å². The molecule has 0 radical (unpaired) electrons. The topological polar surface area (TPSA) is 75.6 Å². The van der Waals surface area contributed by atoms with Crippen molar-refractivity contribution in [3.63, 3.8) is 0 Å². The minimum Gasteiger partial charge on any atom is -0.457 e. The number of rotatable bonds is 8. The number of halogens is 2. The number of aromatic nitrogens is 1. The molecule has 0 spiro atoms. The molecule has 0 saturated heterocycles. The summed E-state index contributed by atoms with van der Waals surface area (Å²) < 4.78 is 32.6. The molecule has 1 aromatic heterocycles. The minimum absolute atomic E-state index is 0.0124. The molecule has 1 heterocycles. The summed E-state index contributed by atoms with van der Waals surface area (Å²) in [4.78, 5) is 20.9. The average Bonchev–Trinajstić information content (AvgIpc) is 2.73. The molecule has 0 atom stereocenters. The summed E-state index contributed by atoms with van der Waals surface area (Å²) in [6.45, 7) is 7.29. The summed E-state index contributed by atoms with van der Waals surface area (Å²) in [6, 6.07) is 11.6. The molecule has 0 saturated carbocycles. The number of nitrogens with zero attached hydrogens (tertiary/aromatic N) is 2. The van der Waals surface area contributed by atoms with E-state index in [0.717, 1.165) is 6.07 Å². The summed E-state index contributed by atoms with van der Waals surface area (Å²) in [5, 5.41) is 5.63. The Bertz CT molecular complexity index is 1160. The van der Waals surface area contributed by atoms with Gasteiger partial charge in [-0.05, 0) is 49.7 Å². The highest BCUT2D eigenvalue weighted by Gasteiger charge is 2.14. The number of carbonyl (C=O) groups is 1. The van der Waals surface area contributed by atoms with Crippen LogP contribution in [0.5, 0.6) is 11.5 Å². The van der Waals surface area contributed by atoms with Crippen molar-refractivity contribution in [1.29, 1.82) is 0 Å². The molecule has 1 amide bonds. The zero-order valence-electron chi connectivity index (χ0n) is 17.7. The van der Waals surface area contributed by atoms with E-state index < -0.39 is 11.6 Å². The third-order valence-corrected chi connectivity index (χ3v) is 4.42. The molecule has 6 nitrogen and oxygen atoms in total. The fourth-order valence-electron chi connectivity index (χ4n) is 2.97. The van der Waals surface area contributed by atoms with E-state index >= 15 is 0 Å². The molecule has 3 aromatic rings. The summed E-state index contributed by atoms with van der Waals surface area (Å²) in [5.41, 5.74) is 1.32. The monoisotopic (exact) mass is 436 g/mol. The number of amides is 1. The normalized spacial score (nSPS) is 10.8. The maximum atomic E-state index is 13.3. The molecule has 3 rings (SSSR count). The third-order valence-electron chi connectivity index (χ3n) is 4.42. The third kappa shape index (κ3) is 5.98. The van der Waals surface area contributed by atoms with Gasteiger partial charge in [0.15, 0.2) is 0 Å². The maximum absolute atomic E-state index is 13.3. The van der Waals surface area contributed by atoms with Gasteiger partial charge in [-0.2, -0.15) is 0 Å². The van der Waals surface area contributed by atoms with Crippen molar-refractivity contribution in [2.24, 2.45) is 4.99 Å². The number of nitrogens with one attached hydrogen (secondary N) is 2. The van der Waals surface area contributed by atoms with E-state index in [1.54, 1.807) is 56.6 Å². The van der Waals surface area contributed by atoms with E-state index in [-0.39, 0.29) is 12.5 Å². The van der Waals surface area contributed by atoms with Gasteiger partial charge in [-0.3, -0.25) is 4.79 Å². The average molecular weight is 436 g/mol. The van der Waals surface area contributed by atoms with Crippen LogP contribution >= 0.6 is 0 Å². The Morgan fingerprint density at radius 3 is 2.66 bits per heavy atom. The van der Waals surface area contributed by atoms with Crippen molar-refractivity contribution in [3.8, 4) is 11.5 Å². The first-order valence-corrected chi connectivity index (χ1v) is 9.77. The summed E-state index contributed by atoms with van der Waals surface area (Å²) >= 11 is 0. The lowest BCUT2D eigenvalue weighted by atomic mass is 10.1. The zero-order valence-corrected chi connectivity index (χ0v) is 17.7. The number of hydrogen-bond acceptors (Lipinski definition) is 5. The Labute approximate surface area is 184 Å². The van der Waals surface area contributed by atoms with Crippen LogP contribution in [0, 0.1) is 18.6 Å². The second kappa shape index (κ2) is 10.3. The Kier molecular flexibility index (Phi) is 7.28. The van der Waals surface area contributed by atoms with Crippen LogP contribution in [0.3, 0.4) is 0 Å². The molecule has 2 aromatic carbocycles. The predicted octanol–water partition coefficient (Wildman–Crippen LogP) is 5.36. The molecule has 0 fully saturated rings. The number of ether oxygens (including phenoxy) is 1. The second-order valence-electron chi connectivity index (χ2n) is 6.83. The van der Waals surface area contributed by atoms with Crippen LogP contribution in [0.25, 0.3) is 0 Å². The molecular weight excluding hydrogens is 414 g/mol. The van der Waals surface area contributed by atoms with Crippen molar-refractivity contribution < 1.29 is 18.3 Å². The highest BCUT2D eigenvalue weighted by atomic mass is 19.1. The van der Waals surface area contributed by atoms with Crippen molar-refractivity contribution in [2.45, 2.75) is 20.4 Å². The molecule has 0 aliphatic carbocycles. The fourth-order valence-corrected chi connectivity index (χ4v) is 2.97. The Balaban J connectivity index is 1.72. The maximum Gasteiger partial charge on any atom is 0.251 e. The van der Waals surface area contributed by atoms with Gasteiger partial charge < -0.3 is 15.4 Å². The van der Waals surface area contributed by atoms with Gasteiger partial charge in [0.1, 0.15) is 34.8 Å². The standard InChI is InChI=1S/C24H22F2N4O2/c1-4-27-16(3)30-23-13-20(8-9-28-23)32-22-7-5-6-21(15(22)2)24(31)29-14-17-10-18(25)12-19(26)11-17/h4-13H,3,14H2,1-2H3,(H,28,30)(H,29,31)/b27-4-. The van der Waals surface area contributed by atoms with Crippen molar-refractivity contribution >= 4 is 17.9 Å². The van der Waals surface area contributed by atoms with E-state index in [1.807, 2.05) is 0 Å². The van der Waals surface area contributed by atoms with Gasteiger partial charge in [-0.25, -0.2) is 18.8 Å². The van der Waals surface area contributed by atoms with Crippen LogP contribution in [-0.2, 0) is 6.54 Å². The lowest BCUT2D eigenvalue weighted by Crippen LogP contribution is -2.23. The first-order chi connectivity index (χ1) is 15.4. The second-order valence-corrected chi connectivity index (χ2v) is 6.83. The van der Waals surface area contributed by atoms with Crippen molar-refractivity contribution in [1.82, 2.24) is 10.3 Å². The van der Waals surface area contributed by atoms with Crippen LogP contribution < -0.4 is 15.4 Å². The fraction of sp³-hybridized carbons (Fsp3) is 0.125. The van der Waals surface area contributed by atoms with Crippen LogP contribution in [0.15, 0.2) is 72.1 Å². The van der Waals surface area contributed by atoms with E-state index in [1.165, 1.54) is 12.1 Å². The number of anilines is 1. The predicted molar refractivity (Wildman–Crippen MR) is 120 cm³/mol. The summed E-state index contributed by atoms with van der Waals surface area (Å²) in [6.07, 6.45) is 3.19. The first kappa shape index (κ1) is 22.6. The minimum atomic E-state index is -0.697. The summed E-state index contributed by atoms with van der Waals surface area (Å²) in [7, 11) is 0. The zero-order chi connectivity index (χ0) is 23.1. The number of pyridine rings is 1. The SMILES string of the molecule is C=C(/N=C\C)Nc1cc(Oc2cccc(C(=O)NCc3cc(F)cc(F)c3)c2C)ccn1. The molecule has 8 heteroatoms. The number of carbonyl (C=O) groups excluding carboxylic acids is 1. The van der Waals surface area contributed by atoms with Crippen LogP contribution in [-0.4, -0.2) is 17.1 Å². The Hall–Kier alpha value is -4.07. The lowest BCUT2D eigenvalue weighted by molar-refractivity contribution is 0.0950. The van der Waals surface area contributed by atoms with Gasteiger partial charge in [0.2, 0.25) is 0 Å². The largest absolute Gasteiger partial charge is 0.457 e. The quantitative estimate of drug-likeness (QED) is 0.466. The molecule has 0 bridgehead atoms. The molecule has 0 aliphatic heterocycles. The van der Waals surface area contributed by atoms with Gasteiger partial charge in [0.25, 0.3) is 5.91 Å². The van der Waals surface area contributed by atoms with E-state index in [2.05, 4.69) is 27.2 Å². The van der Waals surface area contributed by atoms with E-state index in [9.17, 15) is 13.6 Å². The Morgan fingerprint density at radius 2 is 1.94 bits per heavy atom. The first-order valence-electron chi connectivity index (χ1n) is 9.77. The van der Waals surface area contributed by atoms with Crippen molar-refractivity contribution in [3.05, 3.63) is 95.5 Å². The molecular formula is C24H22F2N4O2. The van der Waals surface area contributed by atoms with Crippen LogP contribution in [0.1, 0.15) is 28.4 Å². The smallest absolute Gasteiger partial charge is 0.251 e. The number of benzene rings is 2. The van der Waals surface area contributed by atoms with Gasteiger partial charge in [0.05, 0.1) is 0 Å². The molecule has 0 unspecified atom stereocenters. The molecule has 164 valence electrons. The van der Waals surface area contributed by atoms with E-state index in [4.69, 9.17) is 4.74 Å². The number of aliphatic imine (C=N–C) groups is 1. The van der Waals surface area contributed by atoms with Gasteiger partial charge >= 0.3 is 0 Å². The van der Waals surface area contributed by atoms with Gasteiger partial charge in [0, 0.05) is 42.2 Å². The van der Waals surface area contributed by atoms with E-state index in [0.29, 0.717) is 39.8 Å². The highest BCUT2D eigenvalue weighted by molar-refractivity contribution is 5.96. The van der Waals surface area contributed by atoms with Gasteiger partial charge in [-0.15, -0.1) is 0 Å². The van der Waals surface area contributed by atoms with Crippen molar-refractivity contribution in [2.75, 3.05) is 5.32 Å². The van der Waals surface area contributed by atoms with Gasteiger partial charge in [-0.1, -0.05) is 12.6 Å². The molecule has 32 heavy (non-hydrogen) atoms.